The molecule has 16 heavy (non-hydrogen) atoms. The van der Waals surface area contributed by atoms with E-state index in [0.717, 1.165) is 14.2 Å². The Labute approximate surface area is 89.4 Å². The number of methoxy groups -OCH3 is 2. The first kappa shape index (κ1) is 12.3. The third-order valence-electron chi connectivity index (χ3n) is 1.95. The normalized spacial score (nSPS) is 11.3. The molecule has 0 aliphatic heterocycles. The van der Waals surface area contributed by atoms with Gasteiger partial charge in [0, 0.05) is 0 Å². The van der Waals surface area contributed by atoms with Crippen molar-refractivity contribution in [2.45, 2.75) is 6.18 Å². The van der Waals surface area contributed by atoms with Crippen LogP contribution in [-0.4, -0.2) is 19.3 Å². The predicted molar refractivity (Wildman–Crippen MR) is 50.6 cm³/mol. The van der Waals surface area contributed by atoms with E-state index in [2.05, 4.69) is 9.47 Å². The molecule has 0 saturated carbocycles. The molecule has 0 fully saturated rings. The highest BCUT2D eigenvalue weighted by Gasteiger charge is 2.37. The van der Waals surface area contributed by atoms with E-state index in [-0.39, 0.29) is 0 Å². The summed E-state index contributed by atoms with van der Waals surface area (Å²) in [5.41, 5.74) is 3.71. The molecular formula is C9H10F3NO3. The number of nitrogen functional groups attached to an aromatic ring is 1. The van der Waals surface area contributed by atoms with Crippen LogP contribution in [0.3, 0.4) is 0 Å². The second-order valence-electron chi connectivity index (χ2n) is 2.93. The first-order valence-corrected chi connectivity index (χ1v) is 4.13. The van der Waals surface area contributed by atoms with Crippen LogP contribution in [0.1, 0.15) is 5.56 Å². The topological polar surface area (TPSA) is 64.7 Å². The second kappa shape index (κ2) is 3.99. The van der Waals surface area contributed by atoms with Gasteiger partial charge >= 0.3 is 6.18 Å². The summed E-state index contributed by atoms with van der Waals surface area (Å²) in [6.07, 6.45) is -4.64. The molecule has 4 nitrogen and oxygen atoms in total. The minimum Gasteiger partial charge on any atom is -0.503 e. The first-order chi connectivity index (χ1) is 7.32. The van der Waals surface area contributed by atoms with Crippen LogP contribution < -0.4 is 15.2 Å². The number of aromatic hydroxyl groups is 1. The van der Waals surface area contributed by atoms with Crippen molar-refractivity contribution in [2.24, 2.45) is 0 Å². The van der Waals surface area contributed by atoms with Gasteiger partial charge in [0.05, 0.1) is 19.9 Å². The molecule has 1 aromatic rings. The van der Waals surface area contributed by atoms with E-state index in [1.54, 1.807) is 0 Å². The zero-order chi connectivity index (χ0) is 12.5. The van der Waals surface area contributed by atoms with Crippen LogP contribution in [0.15, 0.2) is 6.07 Å². The van der Waals surface area contributed by atoms with Crippen molar-refractivity contribution >= 4 is 5.69 Å². The van der Waals surface area contributed by atoms with Crippen molar-refractivity contribution in [3.63, 3.8) is 0 Å². The third kappa shape index (κ3) is 1.93. The van der Waals surface area contributed by atoms with Gasteiger partial charge < -0.3 is 20.3 Å². The lowest BCUT2D eigenvalue weighted by Crippen LogP contribution is -2.09. The van der Waals surface area contributed by atoms with Gasteiger partial charge in [0.25, 0.3) is 0 Å². The smallest absolute Gasteiger partial charge is 0.420 e. The molecule has 0 radical (unpaired) electrons. The third-order valence-corrected chi connectivity index (χ3v) is 1.95. The maximum Gasteiger partial charge on any atom is 0.420 e. The van der Waals surface area contributed by atoms with Crippen LogP contribution in [0.5, 0.6) is 17.2 Å². The van der Waals surface area contributed by atoms with Crippen molar-refractivity contribution < 1.29 is 27.8 Å². The van der Waals surface area contributed by atoms with Gasteiger partial charge in [-0.2, -0.15) is 13.2 Å². The molecule has 90 valence electrons. The Morgan fingerprint density at radius 3 is 2.06 bits per heavy atom. The number of rotatable bonds is 2. The molecule has 7 heteroatoms. The number of halogens is 3. The fourth-order valence-corrected chi connectivity index (χ4v) is 1.25. The van der Waals surface area contributed by atoms with E-state index in [4.69, 9.17) is 5.73 Å². The summed E-state index contributed by atoms with van der Waals surface area (Å²) in [4.78, 5) is 0. The van der Waals surface area contributed by atoms with Gasteiger partial charge in [-0.15, -0.1) is 0 Å². The van der Waals surface area contributed by atoms with Crippen LogP contribution in [0, 0.1) is 0 Å². The summed E-state index contributed by atoms with van der Waals surface area (Å²) >= 11 is 0. The van der Waals surface area contributed by atoms with Crippen molar-refractivity contribution in [3.05, 3.63) is 11.6 Å². The Kier molecular flexibility index (Phi) is 3.06. The molecule has 0 spiro atoms. The Balaban J connectivity index is 3.57. The molecule has 3 N–H and O–H groups in total. The van der Waals surface area contributed by atoms with Crippen molar-refractivity contribution in [1.82, 2.24) is 0 Å². The zero-order valence-corrected chi connectivity index (χ0v) is 8.55. The van der Waals surface area contributed by atoms with Crippen LogP contribution in [0.4, 0.5) is 18.9 Å². The molecule has 0 atom stereocenters. The number of nitrogens with two attached hydrogens (primary N) is 1. The SMILES string of the molecule is COc1c(C(F)(F)F)cc(N)c(O)c1OC. The van der Waals surface area contributed by atoms with Crippen LogP contribution >= 0.6 is 0 Å². The fraction of sp³-hybridized carbons (Fsp3) is 0.333. The number of phenols is 1. The van der Waals surface area contributed by atoms with Crippen LogP contribution in [-0.2, 0) is 6.18 Å². The summed E-state index contributed by atoms with van der Waals surface area (Å²) in [5.74, 6) is -1.61. The highest BCUT2D eigenvalue weighted by atomic mass is 19.4. The number of ether oxygens (including phenoxy) is 2. The second-order valence-corrected chi connectivity index (χ2v) is 2.93. The standard InChI is InChI=1S/C9H10F3NO3/c1-15-7-4(9(10,11)12)3-5(13)6(14)8(7)16-2/h3,14H,13H2,1-2H3. The minimum absolute atomic E-state index is 0.426. The lowest BCUT2D eigenvalue weighted by molar-refractivity contribution is -0.138. The Hall–Kier alpha value is -1.79. The highest BCUT2D eigenvalue weighted by molar-refractivity contribution is 5.68. The number of phenolic OH excluding ortho intramolecular Hbond substituents is 1. The molecule has 1 aromatic carbocycles. The molecule has 0 heterocycles. The van der Waals surface area contributed by atoms with E-state index in [1.165, 1.54) is 0 Å². The molecule has 0 bridgehead atoms. The van der Waals surface area contributed by atoms with Crippen molar-refractivity contribution in [1.29, 1.82) is 0 Å². The predicted octanol–water partition coefficient (Wildman–Crippen LogP) is 2.01. The summed E-state index contributed by atoms with van der Waals surface area (Å²) in [6, 6.07) is 0.594. The molecule has 0 amide bonds. The molecule has 0 aliphatic carbocycles. The number of benzene rings is 1. The average Bonchev–Trinajstić information content (AvgIpc) is 2.19. The van der Waals surface area contributed by atoms with E-state index in [9.17, 15) is 18.3 Å². The average molecular weight is 237 g/mol. The number of hydrogen-bond donors (Lipinski definition) is 2. The van der Waals surface area contributed by atoms with Gasteiger partial charge in [-0.05, 0) is 6.07 Å². The van der Waals surface area contributed by atoms with Gasteiger partial charge in [0.1, 0.15) is 5.56 Å². The maximum atomic E-state index is 12.6. The molecule has 1 rings (SSSR count). The fourth-order valence-electron chi connectivity index (χ4n) is 1.25. The quantitative estimate of drug-likeness (QED) is 0.610. The summed E-state index contributed by atoms with van der Waals surface area (Å²) in [6.45, 7) is 0. The summed E-state index contributed by atoms with van der Waals surface area (Å²) in [7, 11) is 2.15. The largest absolute Gasteiger partial charge is 0.503 e. The van der Waals surface area contributed by atoms with E-state index in [0.29, 0.717) is 6.07 Å². The lowest BCUT2D eigenvalue weighted by atomic mass is 10.1. The van der Waals surface area contributed by atoms with Crippen molar-refractivity contribution in [3.8, 4) is 17.2 Å². The Bertz CT molecular complexity index is 404. The first-order valence-electron chi connectivity index (χ1n) is 4.13. The Morgan fingerprint density at radius 1 is 1.19 bits per heavy atom. The van der Waals surface area contributed by atoms with Gasteiger partial charge in [0.2, 0.25) is 5.75 Å². The van der Waals surface area contributed by atoms with Gasteiger partial charge in [-0.3, -0.25) is 0 Å². The monoisotopic (exact) mass is 237 g/mol. The molecule has 0 aliphatic rings. The minimum atomic E-state index is -4.64. The lowest BCUT2D eigenvalue weighted by Gasteiger charge is -2.17. The van der Waals surface area contributed by atoms with Crippen LogP contribution in [0.25, 0.3) is 0 Å². The number of alkyl halides is 3. The van der Waals surface area contributed by atoms with Gasteiger partial charge in [-0.1, -0.05) is 0 Å². The summed E-state index contributed by atoms with van der Waals surface area (Å²) < 4.78 is 47.0. The highest BCUT2D eigenvalue weighted by Crippen LogP contribution is 2.48. The molecule has 0 saturated heterocycles. The Morgan fingerprint density at radius 2 is 1.69 bits per heavy atom. The van der Waals surface area contributed by atoms with E-state index < -0.39 is 34.7 Å². The zero-order valence-electron chi connectivity index (χ0n) is 8.55. The van der Waals surface area contributed by atoms with E-state index in [1.807, 2.05) is 0 Å². The number of hydrogen-bond acceptors (Lipinski definition) is 4. The molecule has 0 unspecified atom stereocenters. The maximum absolute atomic E-state index is 12.6. The van der Waals surface area contributed by atoms with Gasteiger partial charge in [0.15, 0.2) is 11.5 Å². The summed E-state index contributed by atoms with van der Waals surface area (Å²) in [5, 5.41) is 9.40. The van der Waals surface area contributed by atoms with E-state index >= 15 is 0 Å². The molecular weight excluding hydrogens is 227 g/mol. The number of anilines is 1. The van der Waals surface area contributed by atoms with Crippen molar-refractivity contribution in [2.75, 3.05) is 20.0 Å². The van der Waals surface area contributed by atoms with Gasteiger partial charge in [-0.25, -0.2) is 0 Å². The van der Waals surface area contributed by atoms with Crippen LogP contribution in [0.2, 0.25) is 0 Å². The molecule has 0 aromatic heterocycles.